The fourth-order valence-electron chi connectivity index (χ4n) is 1.13. The molecule has 0 bridgehead atoms. The minimum atomic E-state index is 0.782. The van der Waals surface area contributed by atoms with Gasteiger partial charge in [0.15, 0.2) is 0 Å². The summed E-state index contributed by atoms with van der Waals surface area (Å²) >= 11 is 5.12. The van der Waals surface area contributed by atoms with Crippen molar-refractivity contribution in [3.8, 4) is 0 Å². The van der Waals surface area contributed by atoms with E-state index in [0.29, 0.717) is 0 Å². The Morgan fingerprint density at radius 3 is 2.58 bits per heavy atom. The second kappa shape index (κ2) is 3.03. The third-order valence-electron chi connectivity index (χ3n) is 1.70. The van der Waals surface area contributed by atoms with E-state index in [0.717, 1.165) is 17.1 Å². The number of nitrogens with zero attached hydrogens (tertiary/aromatic N) is 2. The summed E-state index contributed by atoms with van der Waals surface area (Å²) in [6.07, 6.45) is 2.61. The number of benzene rings is 1. The van der Waals surface area contributed by atoms with E-state index in [1.54, 1.807) is 5.01 Å². The molecule has 2 rings (SSSR count). The summed E-state index contributed by atoms with van der Waals surface area (Å²) in [5, 5.41) is 5.94. The Morgan fingerprint density at radius 1 is 1.25 bits per heavy atom. The predicted molar refractivity (Wildman–Crippen MR) is 54.6 cm³/mol. The monoisotopic (exact) mass is 176 g/mol. The van der Waals surface area contributed by atoms with Gasteiger partial charge in [-0.05, 0) is 12.1 Å². The van der Waals surface area contributed by atoms with Crippen molar-refractivity contribution in [1.29, 1.82) is 0 Å². The Balaban J connectivity index is 2.31. The van der Waals surface area contributed by atoms with E-state index in [-0.39, 0.29) is 0 Å². The molecule has 1 aromatic rings. The highest BCUT2D eigenvalue weighted by Crippen LogP contribution is 2.17. The van der Waals surface area contributed by atoms with Crippen LogP contribution < -0.4 is 5.01 Å². The van der Waals surface area contributed by atoms with Gasteiger partial charge in [-0.1, -0.05) is 30.4 Å². The van der Waals surface area contributed by atoms with Crippen molar-refractivity contribution in [1.82, 2.24) is 0 Å². The lowest BCUT2D eigenvalue weighted by Gasteiger charge is -2.13. The Kier molecular flexibility index (Phi) is 1.87. The molecule has 3 heteroatoms. The standard InChI is InChI=1S/C9H8N2S/c12-9-6-7-10-11(9)8-4-2-1-3-5-8/h1-5,7H,6H2. The lowest BCUT2D eigenvalue weighted by molar-refractivity contribution is 1.18. The van der Waals surface area contributed by atoms with Crippen LogP contribution in [0.5, 0.6) is 0 Å². The maximum absolute atomic E-state index is 5.12. The summed E-state index contributed by atoms with van der Waals surface area (Å²) in [5.74, 6) is 0. The van der Waals surface area contributed by atoms with E-state index < -0.39 is 0 Å². The van der Waals surface area contributed by atoms with Gasteiger partial charge in [0.1, 0.15) is 4.99 Å². The van der Waals surface area contributed by atoms with Gasteiger partial charge in [0, 0.05) is 12.6 Å². The first-order valence-corrected chi connectivity index (χ1v) is 4.19. The molecule has 0 saturated heterocycles. The number of hydrazone groups is 1. The van der Waals surface area contributed by atoms with Crippen LogP contribution in [0.1, 0.15) is 6.42 Å². The Bertz CT molecular complexity index is 319. The van der Waals surface area contributed by atoms with E-state index in [1.165, 1.54) is 0 Å². The summed E-state index contributed by atoms with van der Waals surface area (Å²) in [6, 6.07) is 9.92. The van der Waals surface area contributed by atoms with E-state index in [2.05, 4.69) is 5.10 Å². The fourth-order valence-corrected chi connectivity index (χ4v) is 1.36. The number of rotatable bonds is 1. The van der Waals surface area contributed by atoms with Crippen LogP contribution in [0.2, 0.25) is 0 Å². The van der Waals surface area contributed by atoms with Crippen molar-refractivity contribution in [2.75, 3.05) is 5.01 Å². The molecule has 0 N–H and O–H groups in total. The van der Waals surface area contributed by atoms with Crippen LogP contribution in [-0.2, 0) is 0 Å². The molecule has 12 heavy (non-hydrogen) atoms. The molecular formula is C9H8N2S. The molecule has 1 heterocycles. The van der Waals surface area contributed by atoms with Crippen molar-refractivity contribution in [3.63, 3.8) is 0 Å². The minimum absolute atomic E-state index is 0.782. The van der Waals surface area contributed by atoms with Gasteiger partial charge in [-0.2, -0.15) is 5.10 Å². The SMILES string of the molecule is S=C1CC=NN1c1ccccc1. The second-order valence-corrected chi connectivity index (χ2v) is 3.01. The number of hydrogen-bond donors (Lipinski definition) is 0. The Hall–Kier alpha value is -1.22. The maximum Gasteiger partial charge on any atom is 0.111 e. The zero-order valence-corrected chi connectivity index (χ0v) is 7.29. The molecular weight excluding hydrogens is 168 g/mol. The molecule has 0 unspecified atom stereocenters. The van der Waals surface area contributed by atoms with Crippen molar-refractivity contribution < 1.29 is 0 Å². The van der Waals surface area contributed by atoms with E-state index in [9.17, 15) is 0 Å². The zero-order chi connectivity index (χ0) is 8.39. The number of thiocarbonyl (C=S) groups is 1. The van der Waals surface area contributed by atoms with Gasteiger partial charge < -0.3 is 0 Å². The third-order valence-corrected chi connectivity index (χ3v) is 2.04. The van der Waals surface area contributed by atoms with Crippen molar-refractivity contribution in [2.24, 2.45) is 5.10 Å². The zero-order valence-electron chi connectivity index (χ0n) is 6.47. The summed E-state index contributed by atoms with van der Waals surface area (Å²) in [6.45, 7) is 0. The van der Waals surface area contributed by atoms with Crippen LogP contribution in [0.4, 0.5) is 5.69 Å². The van der Waals surface area contributed by atoms with Gasteiger partial charge >= 0.3 is 0 Å². The van der Waals surface area contributed by atoms with Gasteiger partial charge in [-0.15, -0.1) is 0 Å². The van der Waals surface area contributed by atoms with Crippen LogP contribution >= 0.6 is 12.2 Å². The molecule has 2 nitrogen and oxygen atoms in total. The lowest BCUT2D eigenvalue weighted by atomic mass is 10.3. The quantitative estimate of drug-likeness (QED) is 0.610. The second-order valence-electron chi connectivity index (χ2n) is 2.54. The third kappa shape index (κ3) is 1.23. The number of para-hydroxylation sites is 1. The minimum Gasteiger partial charge on any atom is -0.227 e. The number of hydrogen-bond acceptors (Lipinski definition) is 2. The average molecular weight is 176 g/mol. The highest BCUT2D eigenvalue weighted by atomic mass is 32.1. The van der Waals surface area contributed by atoms with E-state index in [1.807, 2.05) is 36.5 Å². The predicted octanol–water partition coefficient (Wildman–Crippen LogP) is 2.21. The first-order chi connectivity index (χ1) is 5.88. The molecule has 0 fully saturated rings. The molecule has 0 amide bonds. The van der Waals surface area contributed by atoms with Crippen molar-refractivity contribution >= 4 is 29.1 Å². The van der Waals surface area contributed by atoms with Crippen molar-refractivity contribution in [2.45, 2.75) is 6.42 Å². The van der Waals surface area contributed by atoms with Gasteiger partial charge in [0.05, 0.1) is 5.69 Å². The van der Waals surface area contributed by atoms with Crippen LogP contribution in [-0.4, -0.2) is 11.2 Å². The van der Waals surface area contributed by atoms with Crippen molar-refractivity contribution in [3.05, 3.63) is 30.3 Å². The van der Waals surface area contributed by atoms with Crippen LogP contribution in [0, 0.1) is 0 Å². The molecule has 0 aliphatic carbocycles. The lowest BCUT2D eigenvalue weighted by Crippen LogP contribution is -2.17. The van der Waals surface area contributed by atoms with Gasteiger partial charge in [0.2, 0.25) is 0 Å². The van der Waals surface area contributed by atoms with Crippen LogP contribution in [0.25, 0.3) is 0 Å². The van der Waals surface area contributed by atoms with E-state index in [4.69, 9.17) is 12.2 Å². The maximum atomic E-state index is 5.12. The summed E-state index contributed by atoms with van der Waals surface area (Å²) in [5.41, 5.74) is 1.04. The molecule has 1 aliphatic rings. The first-order valence-electron chi connectivity index (χ1n) is 3.78. The molecule has 1 aliphatic heterocycles. The topological polar surface area (TPSA) is 15.6 Å². The molecule has 1 aromatic carbocycles. The molecule has 60 valence electrons. The molecule has 0 atom stereocenters. The normalized spacial score (nSPS) is 15.7. The highest BCUT2D eigenvalue weighted by molar-refractivity contribution is 7.80. The Morgan fingerprint density at radius 2 is 2.00 bits per heavy atom. The smallest absolute Gasteiger partial charge is 0.111 e. The summed E-state index contributed by atoms with van der Waals surface area (Å²) in [7, 11) is 0. The average Bonchev–Trinajstić information content (AvgIpc) is 2.53. The highest BCUT2D eigenvalue weighted by Gasteiger charge is 2.13. The molecule has 0 spiro atoms. The largest absolute Gasteiger partial charge is 0.227 e. The Labute approximate surface area is 76.5 Å². The van der Waals surface area contributed by atoms with E-state index >= 15 is 0 Å². The molecule has 0 radical (unpaired) electrons. The number of anilines is 1. The van der Waals surface area contributed by atoms with Crippen LogP contribution in [0.3, 0.4) is 0 Å². The van der Waals surface area contributed by atoms with Gasteiger partial charge in [-0.3, -0.25) is 0 Å². The van der Waals surface area contributed by atoms with Crippen LogP contribution in [0.15, 0.2) is 35.4 Å². The molecule has 0 aromatic heterocycles. The van der Waals surface area contributed by atoms with Gasteiger partial charge in [-0.25, -0.2) is 5.01 Å². The van der Waals surface area contributed by atoms with Gasteiger partial charge in [0.25, 0.3) is 0 Å². The molecule has 0 saturated carbocycles. The summed E-state index contributed by atoms with van der Waals surface area (Å²) in [4.78, 5) is 0.862. The first kappa shape index (κ1) is 7.43. The summed E-state index contributed by atoms with van der Waals surface area (Å²) < 4.78 is 0. The fraction of sp³-hybridized carbons (Fsp3) is 0.111.